The van der Waals surface area contributed by atoms with Crippen LogP contribution in [0.25, 0.3) is 142 Å². The number of nitrogens with zero attached hydrogens (tertiary/aromatic N) is 5. The fourth-order valence-corrected chi connectivity index (χ4v) is 17.5. The predicted molar refractivity (Wildman–Crippen MR) is 452 cm³/mol. The summed E-state index contributed by atoms with van der Waals surface area (Å²) in [6, 6.07) is 128. The number of hydrogen-bond donors (Lipinski definition) is 0. The lowest BCUT2D eigenvalue weighted by atomic mass is 9.82. The molecule has 510 valence electrons. The zero-order chi connectivity index (χ0) is 72.4. The van der Waals surface area contributed by atoms with Crippen LogP contribution in [0.5, 0.6) is 0 Å². The van der Waals surface area contributed by atoms with Crippen LogP contribution in [0, 0.1) is 11.3 Å². The third kappa shape index (κ3) is 10.2. The van der Waals surface area contributed by atoms with E-state index in [1.165, 1.54) is 33.0 Å². The summed E-state index contributed by atoms with van der Waals surface area (Å²) in [6.07, 6.45) is 1.93. The summed E-state index contributed by atoms with van der Waals surface area (Å²) >= 11 is 0. The Balaban J connectivity index is 0.929. The smallest absolute Gasteiger partial charge is 0.144 e. The van der Waals surface area contributed by atoms with E-state index in [1.807, 2.05) is 42.6 Å². The summed E-state index contributed by atoms with van der Waals surface area (Å²) in [5.41, 5.74) is 21.9. The van der Waals surface area contributed by atoms with Crippen LogP contribution in [0.15, 0.2) is 372 Å². The summed E-state index contributed by atoms with van der Waals surface area (Å²) in [4.78, 5) is 16.0. The first-order chi connectivity index (χ1) is 53.8. The number of anilines is 6. The van der Waals surface area contributed by atoms with E-state index in [-0.39, 0.29) is 5.41 Å². The van der Waals surface area contributed by atoms with Crippen molar-refractivity contribution in [2.45, 2.75) is 19.3 Å². The van der Waals surface area contributed by atoms with Crippen molar-refractivity contribution in [3.05, 3.63) is 386 Å². The first-order valence-corrected chi connectivity index (χ1v) is 37.1. The number of nitriles is 1. The van der Waals surface area contributed by atoms with Gasteiger partial charge in [-0.15, -0.1) is 0 Å². The van der Waals surface area contributed by atoms with Crippen molar-refractivity contribution in [3.8, 4) is 50.6 Å². The summed E-state index contributed by atoms with van der Waals surface area (Å²) in [6.45, 7) is 4.68. The molecule has 1 aliphatic carbocycles. The molecule has 109 heavy (non-hydrogen) atoms. The third-order valence-corrected chi connectivity index (χ3v) is 22.5. The molecule has 0 saturated carbocycles. The molecule has 0 spiro atoms. The van der Waals surface area contributed by atoms with Crippen molar-refractivity contribution in [3.63, 3.8) is 0 Å². The molecule has 0 amide bonds. The zero-order valence-corrected chi connectivity index (χ0v) is 59.6. The zero-order valence-electron chi connectivity index (χ0n) is 59.6. The van der Waals surface area contributed by atoms with E-state index in [2.05, 4.69) is 345 Å². The van der Waals surface area contributed by atoms with Gasteiger partial charge in [0.1, 0.15) is 28.1 Å². The van der Waals surface area contributed by atoms with Crippen LogP contribution in [-0.2, 0) is 5.41 Å². The highest BCUT2D eigenvalue weighted by Gasteiger charge is 2.37. The van der Waals surface area contributed by atoms with Crippen LogP contribution in [0.4, 0.5) is 39.9 Å². The molecule has 0 bridgehead atoms. The Morgan fingerprint density at radius 3 is 1.77 bits per heavy atom. The van der Waals surface area contributed by atoms with Crippen LogP contribution in [0.1, 0.15) is 41.7 Å². The molecule has 0 unspecified atom stereocenters. The molecule has 0 saturated heterocycles. The van der Waals surface area contributed by atoms with Gasteiger partial charge in [-0.1, -0.05) is 263 Å². The summed E-state index contributed by atoms with van der Waals surface area (Å²) in [5, 5.41) is 25.0. The maximum Gasteiger partial charge on any atom is 0.144 e. The maximum absolute atomic E-state index is 11.3. The number of fused-ring (bicyclic) bond motifs is 17. The Bertz CT molecular complexity index is 7200. The highest BCUT2D eigenvalue weighted by atomic mass is 16.3. The molecule has 1 aliphatic rings. The summed E-state index contributed by atoms with van der Waals surface area (Å²) in [7, 11) is 0. The van der Waals surface area contributed by atoms with Gasteiger partial charge in [-0.05, 0) is 180 Å². The average Bonchev–Trinajstić information content (AvgIpc) is 1.64. The van der Waals surface area contributed by atoms with Crippen molar-refractivity contribution in [2.75, 3.05) is 9.80 Å². The van der Waals surface area contributed by atoms with Crippen molar-refractivity contribution in [1.82, 2.24) is 4.98 Å². The topological polar surface area (TPSA) is 81.8 Å². The van der Waals surface area contributed by atoms with E-state index in [9.17, 15) is 5.26 Å². The quantitative estimate of drug-likeness (QED) is 0.0895. The van der Waals surface area contributed by atoms with Crippen molar-refractivity contribution >= 4 is 143 Å². The van der Waals surface area contributed by atoms with Crippen LogP contribution in [-0.4, -0.2) is 10.7 Å². The van der Waals surface area contributed by atoms with Gasteiger partial charge in [-0.25, -0.2) is 9.98 Å². The number of aromatic nitrogens is 1. The Kier molecular flexibility index (Phi) is 14.5. The van der Waals surface area contributed by atoms with Crippen LogP contribution >= 0.6 is 0 Å². The van der Waals surface area contributed by atoms with E-state index in [1.54, 1.807) is 0 Å². The number of pyridine rings is 1. The van der Waals surface area contributed by atoms with Gasteiger partial charge < -0.3 is 13.7 Å². The highest BCUT2D eigenvalue weighted by Crippen LogP contribution is 2.56. The Morgan fingerprint density at radius 2 is 0.982 bits per heavy atom. The van der Waals surface area contributed by atoms with Gasteiger partial charge in [0.05, 0.1) is 40.1 Å². The van der Waals surface area contributed by atoms with Gasteiger partial charge in [0, 0.05) is 88.7 Å². The first kappa shape index (κ1) is 63.1. The number of rotatable bonds is 12. The largest absolute Gasteiger partial charge is 0.456 e. The minimum absolute atomic E-state index is 0.349. The minimum atomic E-state index is -0.349. The fourth-order valence-electron chi connectivity index (χ4n) is 17.5. The molecule has 21 rings (SSSR count). The standard InChI is InChI=1S/C102H65N5O2/c1-102(2)86-45-22-21-43-79(86)80-50-48-73(57-87(80)102)107(94-56-68(52-53-104-94)63-26-7-3-8-27-63)90-60-83-84(100(67-32-11-5-12-33-67)105-72-38-13-6-14-39-72)61-93-96(97(83)99-85(90)59-82(66-28-9-4-10-29-66)98-95-70(62-103)37-25-47-91(95)109-101(98)99)81-51-49-74(58-92(81)108-93)106(88-46-24-36-65-31-16-19-41-77(65)88)89-55-71(54-69-34-17-20-42-78(69)89)76-44-23-35-64-30-15-18-40-75(64)76/h3-61H,1-2H3/b105-100-. The number of furan rings is 2. The van der Waals surface area contributed by atoms with E-state index in [0.29, 0.717) is 33.7 Å². The van der Waals surface area contributed by atoms with Gasteiger partial charge >= 0.3 is 0 Å². The van der Waals surface area contributed by atoms with Gasteiger partial charge in [0.25, 0.3) is 0 Å². The second-order valence-corrected chi connectivity index (χ2v) is 29.0. The summed E-state index contributed by atoms with van der Waals surface area (Å²) in [5.74, 6) is 0.712. The molecule has 0 N–H and O–H groups in total. The molecule has 3 aromatic heterocycles. The van der Waals surface area contributed by atoms with Gasteiger partial charge in [-0.2, -0.15) is 5.26 Å². The minimum Gasteiger partial charge on any atom is -0.456 e. The van der Waals surface area contributed by atoms with E-state index in [4.69, 9.17) is 18.8 Å². The number of benzene rings is 17. The lowest BCUT2D eigenvalue weighted by Gasteiger charge is -2.29. The predicted octanol–water partition coefficient (Wildman–Crippen LogP) is 27.9. The molecule has 0 radical (unpaired) electrons. The van der Waals surface area contributed by atoms with Crippen LogP contribution < -0.4 is 9.80 Å². The van der Waals surface area contributed by atoms with E-state index < -0.39 is 0 Å². The Labute approximate surface area is 629 Å². The average molecular weight is 1390 g/mol. The monoisotopic (exact) mass is 1390 g/mol. The van der Waals surface area contributed by atoms with Crippen molar-refractivity contribution in [2.24, 2.45) is 4.99 Å². The highest BCUT2D eigenvalue weighted by molar-refractivity contribution is 6.39. The van der Waals surface area contributed by atoms with Gasteiger partial charge in [-0.3, -0.25) is 4.90 Å². The number of para-hydroxylation sites is 1. The van der Waals surface area contributed by atoms with Gasteiger partial charge in [0.2, 0.25) is 0 Å². The third-order valence-electron chi connectivity index (χ3n) is 22.5. The van der Waals surface area contributed by atoms with Crippen LogP contribution in [0.2, 0.25) is 0 Å². The second-order valence-electron chi connectivity index (χ2n) is 29.0. The molecule has 0 aliphatic heterocycles. The second kappa shape index (κ2) is 25.1. The molecular weight excluding hydrogens is 1330 g/mol. The molecule has 20 aromatic rings. The first-order valence-electron chi connectivity index (χ1n) is 37.1. The van der Waals surface area contributed by atoms with Gasteiger partial charge in [0.15, 0.2) is 0 Å². The molecule has 0 fully saturated rings. The van der Waals surface area contributed by atoms with E-state index in [0.717, 1.165) is 149 Å². The molecule has 0 atom stereocenters. The molecule has 7 nitrogen and oxygen atoms in total. The van der Waals surface area contributed by atoms with Crippen molar-refractivity contribution in [1.29, 1.82) is 5.26 Å². The fraction of sp³-hybridized carbons (Fsp3) is 0.0294. The number of aliphatic imine (C=N–C) groups is 1. The number of hydrogen-bond acceptors (Lipinski definition) is 7. The SMILES string of the molecule is CC1(C)c2ccccc2-c2ccc(N(c3cc(-c4ccccc4)ccn3)c3cc4c(/C(=N\c5ccccc5)c5ccccc5)cc5oc6cc(N(c7cccc8ccccc78)c7cc(-c8cccc9ccccc89)cc8ccccc78)ccc6c5c4c4c3cc(-c3ccccc3)c3c4oc4cccc(C#N)c43)cc21. The van der Waals surface area contributed by atoms with Crippen LogP contribution in [0.3, 0.4) is 0 Å². The van der Waals surface area contributed by atoms with E-state index >= 15 is 0 Å². The Morgan fingerprint density at radius 1 is 0.358 bits per heavy atom. The Hall–Kier alpha value is -14.5. The molecule has 17 aromatic carbocycles. The maximum atomic E-state index is 11.3. The van der Waals surface area contributed by atoms with Crippen molar-refractivity contribution < 1.29 is 8.83 Å². The molecular formula is C102H65N5O2. The lowest BCUT2D eigenvalue weighted by molar-refractivity contribution is 0.660. The molecule has 7 heteroatoms. The molecule has 3 heterocycles. The normalized spacial score (nSPS) is 12.6. The summed E-state index contributed by atoms with van der Waals surface area (Å²) < 4.78 is 15.4. The lowest BCUT2D eigenvalue weighted by Crippen LogP contribution is -2.17.